The van der Waals surface area contributed by atoms with Crippen LogP contribution in [0.1, 0.15) is 19.8 Å². The van der Waals surface area contributed by atoms with E-state index in [0.29, 0.717) is 5.41 Å². The molecule has 1 aliphatic carbocycles. The smallest absolute Gasteiger partial charge is 0.109 e. The molecule has 2 fully saturated rings. The Morgan fingerprint density at radius 1 is 1.30 bits per heavy atom. The van der Waals surface area contributed by atoms with Gasteiger partial charge in [-0.2, -0.15) is 0 Å². The number of hydrogen-bond donors (Lipinski definition) is 0. The van der Waals surface area contributed by atoms with Crippen molar-refractivity contribution < 1.29 is 4.39 Å². The lowest BCUT2D eigenvalue weighted by Crippen LogP contribution is -2.64. The van der Waals surface area contributed by atoms with E-state index in [0.717, 1.165) is 25.9 Å². The van der Waals surface area contributed by atoms with Crippen LogP contribution in [0.25, 0.3) is 0 Å². The van der Waals surface area contributed by atoms with Crippen LogP contribution in [0.15, 0.2) is 0 Å². The van der Waals surface area contributed by atoms with Gasteiger partial charge in [0.25, 0.3) is 0 Å². The Morgan fingerprint density at radius 2 is 1.80 bits per heavy atom. The number of alkyl halides is 1. The van der Waals surface area contributed by atoms with E-state index < -0.39 is 5.67 Å². The molecule has 10 heavy (non-hydrogen) atoms. The molecule has 0 unspecified atom stereocenters. The fraction of sp³-hybridized carbons (Fsp3) is 1.00. The van der Waals surface area contributed by atoms with Crippen molar-refractivity contribution in [3.05, 3.63) is 0 Å². The number of likely N-dealkylation sites (tertiary alicyclic amines) is 1. The minimum Gasteiger partial charge on any atom is -0.305 e. The van der Waals surface area contributed by atoms with E-state index in [4.69, 9.17) is 0 Å². The zero-order valence-corrected chi connectivity index (χ0v) is 6.65. The summed E-state index contributed by atoms with van der Waals surface area (Å²) < 4.78 is 13.0. The summed E-state index contributed by atoms with van der Waals surface area (Å²) in [5, 5.41) is 0. The predicted molar refractivity (Wildman–Crippen MR) is 38.7 cm³/mol. The van der Waals surface area contributed by atoms with Crippen molar-refractivity contribution in [2.75, 3.05) is 20.1 Å². The molecular weight excluding hydrogens is 129 g/mol. The number of hydrogen-bond acceptors (Lipinski definition) is 1. The molecule has 0 bridgehead atoms. The molecule has 2 aliphatic rings. The van der Waals surface area contributed by atoms with Gasteiger partial charge in [-0.3, -0.25) is 0 Å². The largest absolute Gasteiger partial charge is 0.305 e. The van der Waals surface area contributed by atoms with E-state index in [1.807, 2.05) is 0 Å². The molecule has 1 saturated heterocycles. The molecule has 1 saturated carbocycles. The summed E-state index contributed by atoms with van der Waals surface area (Å²) in [7, 11) is 2.10. The Morgan fingerprint density at radius 3 is 2.10 bits per heavy atom. The van der Waals surface area contributed by atoms with Crippen molar-refractivity contribution in [2.24, 2.45) is 5.41 Å². The van der Waals surface area contributed by atoms with Crippen LogP contribution in [-0.2, 0) is 0 Å². The summed E-state index contributed by atoms with van der Waals surface area (Å²) in [5.74, 6) is 0. The molecule has 1 nitrogen and oxygen atoms in total. The highest BCUT2D eigenvalue weighted by atomic mass is 19.1. The van der Waals surface area contributed by atoms with E-state index in [-0.39, 0.29) is 0 Å². The van der Waals surface area contributed by atoms with Gasteiger partial charge in [0.05, 0.1) is 0 Å². The summed E-state index contributed by atoms with van der Waals surface area (Å²) in [4.78, 5) is 2.26. The zero-order chi connectivity index (χ0) is 7.41. The third-order valence-electron chi connectivity index (χ3n) is 2.70. The van der Waals surface area contributed by atoms with E-state index in [9.17, 15) is 4.39 Å². The van der Waals surface area contributed by atoms with Crippen molar-refractivity contribution in [1.82, 2.24) is 4.90 Å². The lowest BCUT2D eigenvalue weighted by molar-refractivity contribution is -0.137. The van der Waals surface area contributed by atoms with Gasteiger partial charge in [-0.05, 0) is 26.8 Å². The van der Waals surface area contributed by atoms with Gasteiger partial charge in [-0.1, -0.05) is 0 Å². The van der Waals surface area contributed by atoms with Crippen LogP contribution in [0.3, 0.4) is 0 Å². The van der Waals surface area contributed by atoms with Gasteiger partial charge in [-0.25, -0.2) is 4.39 Å². The van der Waals surface area contributed by atoms with E-state index in [1.54, 1.807) is 6.92 Å². The minimum absolute atomic E-state index is 0.401. The van der Waals surface area contributed by atoms with Crippen LogP contribution < -0.4 is 0 Å². The molecule has 0 radical (unpaired) electrons. The normalized spacial score (nSPS) is 35.1. The molecule has 0 aromatic rings. The van der Waals surface area contributed by atoms with Crippen LogP contribution in [-0.4, -0.2) is 30.7 Å². The van der Waals surface area contributed by atoms with Crippen molar-refractivity contribution in [3.63, 3.8) is 0 Å². The highest BCUT2D eigenvalue weighted by Crippen LogP contribution is 2.55. The third kappa shape index (κ3) is 0.782. The van der Waals surface area contributed by atoms with Crippen LogP contribution in [0.4, 0.5) is 4.39 Å². The molecule has 0 atom stereocenters. The standard InChI is InChI=1S/C8H14FN/c1-7(9)3-8(4-7)5-10(2)6-8/h3-6H2,1-2H3. The Balaban J connectivity index is 1.91. The molecule has 58 valence electrons. The Labute approximate surface area is 61.2 Å². The number of halogens is 1. The maximum absolute atomic E-state index is 13.0. The van der Waals surface area contributed by atoms with Crippen LogP contribution in [0.5, 0.6) is 0 Å². The van der Waals surface area contributed by atoms with Crippen LogP contribution in [0.2, 0.25) is 0 Å². The molecular formula is C8H14FN. The summed E-state index contributed by atoms with van der Waals surface area (Å²) >= 11 is 0. The maximum atomic E-state index is 13.0. The average molecular weight is 143 g/mol. The monoisotopic (exact) mass is 143 g/mol. The summed E-state index contributed by atoms with van der Waals surface area (Å²) in [6, 6.07) is 0. The first kappa shape index (κ1) is 6.59. The van der Waals surface area contributed by atoms with Crippen molar-refractivity contribution >= 4 is 0 Å². The lowest BCUT2D eigenvalue weighted by atomic mass is 9.57. The van der Waals surface area contributed by atoms with E-state index in [2.05, 4.69) is 11.9 Å². The molecule has 1 heterocycles. The lowest BCUT2D eigenvalue weighted by Gasteiger charge is -2.59. The fourth-order valence-corrected chi connectivity index (χ4v) is 2.83. The third-order valence-corrected chi connectivity index (χ3v) is 2.70. The van der Waals surface area contributed by atoms with E-state index >= 15 is 0 Å². The van der Waals surface area contributed by atoms with Crippen LogP contribution in [0, 0.1) is 5.41 Å². The zero-order valence-electron chi connectivity index (χ0n) is 6.65. The summed E-state index contributed by atoms with van der Waals surface area (Å²) in [6.45, 7) is 3.95. The molecule has 2 rings (SSSR count). The highest BCUT2D eigenvalue weighted by Gasteiger charge is 2.57. The molecule has 2 heteroatoms. The first-order chi connectivity index (χ1) is 4.52. The molecule has 0 aromatic heterocycles. The SMILES string of the molecule is CN1CC2(C1)CC(C)(F)C2. The quantitative estimate of drug-likeness (QED) is 0.496. The fourth-order valence-electron chi connectivity index (χ4n) is 2.83. The summed E-state index contributed by atoms with van der Waals surface area (Å²) in [6.07, 6.45) is 1.59. The summed E-state index contributed by atoms with van der Waals surface area (Å²) in [5.41, 5.74) is -0.431. The highest BCUT2D eigenvalue weighted by molar-refractivity contribution is 5.09. The predicted octanol–water partition coefficient (Wildman–Crippen LogP) is 1.44. The minimum atomic E-state index is -0.832. The molecule has 1 aliphatic heterocycles. The van der Waals surface area contributed by atoms with Gasteiger partial charge >= 0.3 is 0 Å². The van der Waals surface area contributed by atoms with Gasteiger partial charge in [-0.15, -0.1) is 0 Å². The molecule has 0 N–H and O–H groups in total. The molecule has 1 spiro atoms. The van der Waals surface area contributed by atoms with Crippen molar-refractivity contribution in [3.8, 4) is 0 Å². The van der Waals surface area contributed by atoms with Gasteiger partial charge in [0.15, 0.2) is 0 Å². The number of rotatable bonds is 0. The number of nitrogens with zero attached hydrogens (tertiary/aromatic N) is 1. The average Bonchev–Trinajstić information content (AvgIpc) is 1.55. The molecule has 0 aromatic carbocycles. The Kier molecular flexibility index (Phi) is 1.02. The Bertz CT molecular complexity index is 149. The van der Waals surface area contributed by atoms with Crippen molar-refractivity contribution in [2.45, 2.75) is 25.4 Å². The molecule has 0 amide bonds. The van der Waals surface area contributed by atoms with Gasteiger partial charge in [0.2, 0.25) is 0 Å². The first-order valence-corrected chi connectivity index (χ1v) is 3.89. The van der Waals surface area contributed by atoms with Gasteiger partial charge < -0.3 is 4.90 Å². The first-order valence-electron chi connectivity index (χ1n) is 3.89. The van der Waals surface area contributed by atoms with Crippen molar-refractivity contribution in [1.29, 1.82) is 0 Å². The van der Waals surface area contributed by atoms with Gasteiger partial charge in [0.1, 0.15) is 5.67 Å². The second kappa shape index (κ2) is 1.55. The van der Waals surface area contributed by atoms with Gasteiger partial charge in [0, 0.05) is 18.5 Å². The van der Waals surface area contributed by atoms with Crippen LogP contribution >= 0.6 is 0 Å². The topological polar surface area (TPSA) is 3.24 Å². The second-order valence-corrected chi connectivity index (χ2v) is 4.44. The Hall–Kier alpha value is -0.110. The maximum Gasteiger partial charge on any atom is 0.109 e. The van der Waals surface area contributed by atoms with E-state index in [1.165, 1.54) is 0 Å². The second-order valence-electron chi connectivity index (χ2n) is 4.44.